The van der Waals surface area contributed by atoms with E-state index in [2.05, 4.69) is 41.5 Å². The summed E-state index contributed by atoms with van der Waals surface area (Å²) in [6.45, 7) is 12.7. The molecule has 1 unspecified atom stereocenters. The van der Waals surface area contributed by atoms with E-state index in [1.54, 1.807) is 6.07 Å². The Labute approximate surface area is 105 Å². The topological polar surface area (TPSA) is 46.2 Å². The van der Waals surface area contributed by atoms with Crippen molar-refractivity contribution in [3.8, 4) is 5.75 Å². The van der Waals surface area contributed by atoms with Crippen LogP contribution in [0.2, 0.25) is 0 Å². The highest BCUT2D eigenvalue weighted by molar-refractivity contribution is 5.41. The van der Waals surface area contributed by atoms with Crippen LogP contribution in [0.25, 0.3) is 0 Å². The number of hydrogen-bond acceptors (Lipinski definition) is 2. The van der Waals surface area contributed by atoms with Crippen LogP contribution >= 0.6 is 0 Å². The second-order valence-electron chi connectivity index (χ2n) is 6.87. The highest BCUT2D eigenvalue weighted by atomic mass is 16.3. The van der Waals surface area contributed by atoms with Gasteiger partial charge < -0.3 is 10.8 Å². The molecule has 0 fully saturated rings. The van der Waals surface area contributed by atoms with Gasteiger partial charge in [0.2, 0.25) is 0 Å². The van der Waals surface area contributed by atoms with E-state index in [1.807, 2.05) is 12.1 Å². The maximum absolute atomic E-state index is 9.95. The summed E-state index contributed by atoms with van der Waals surface area (Å²) in [5.74, 6) is 0.292. The Balaban J connectivity index is 3.25. The predicted octanol–water partition coefficient (Wildman–Crippen LogP) is 3.74. The first kappa shape index (κ1) is 14.0. The van der Waals surface area contributed by atoms with E-state index in [0.717, 1.165) is 5.56 Å². The van der Waals surface area contributed by atoms with E-state index in [-0.39, 0.29) is 16.9 Å². The lowest BCUT2D eigenvalue weighted by Crippen LogP contribution is -2.26. The Morgan fingerprint density at radius 3 is 2.00 bits per heavy atom. The van der Waals surface area contributed by atoms with Gasteiger partial charge in [-0.15, -0.1) is 0 Å². The van der Waals surface area contributed by atoms with Crippen LogP contribution in [0.1, 0.15) is 58.7 Å². The van der Waals surface area contributed by atoms with Gasteiger partial charge in [0.1, 0.15) is 5.75 Å². The molecule has 0 heterocycles. The summed E-state index contributed by atoms with van der Waals surface area (Å²) in [6, 6.07) is 5.59. The van der Waals surface area contributed by atoms with E-state index in [1.165, 1.54) is 5.56 Å². The SMILES string of the molecule is CC(C)(C)c1ccc(O)c(C(N)C(C)(C)C)c1. The van der Waals surface area contributed by atoms with E-state index in [4.69, 9.17) is 5.73 Å². The largest absolute Gasteiger partial charge is 0.508 e. The molecule has 0 aliphatic heterocycles. The number of phenols is 1. The Kier molecular flexibility index (Phi) is 3.58. The van der Waals surface area contributed by atoms with Gasteiger partial charge in [-0.25, -0.2) is 0 Å². The van der Waals surface area contributed by atoms with Crippen molar-refractivity contribution in [2.75, 3.05) is 0 Å². The first-order valence-corrected chi connectivity index (χ1v) is 6.12. The summed E-state index contributed by atoms with van der Waals surface area (Å²) >= 11 is 0. The zero-order valence-electron chi connectivity index (χ0n) is 11.8. The zero-order valence-corrected chi connectivity index (χ0v) is 11.8. The van der Waals surface area contributed by atoms with Crippen LogP contribution in [0.3, 0.4) is 0 Å². The molecule has 1 aromatic rings. The standard InChI is InChI=1S/C15H25NO/c1-14(2,3)10-7-8-12(17)11(9-10)13(16)15(4,5)6/h7-9,13,17H,16H2,1-6H3. The van der Waals surface area contributed by atoms with E-state index >= 15 is 0 Å². The lowest BCUT2D eigenvalue weighted by Gasteiger charge is -2.29. The molecule has 0 aliphatic rings. The minimum Gasteiger partial charge on any atom is -0.508 e. The van der Waals surface area contributed by atoms with Crippen molar-refractivity contribution in [2.45, 2.75) is 53.0 Å². The van der Waals surface area contributed by atoms with Crippen LogP contribution < -0.4 is 5.73 Å². The monoisotopic (exact) mass is 235 g/mol. The molecule has 0 aliphatic carbocycles. The molecule has 1 atom stereocenters. The third kappa shape index (κ3) is 3.22. The number of nitrogens with two attached hydrogens (primary N) is 1. The van der Waals surface area contributed by atoms with Gasteiger partial charge in [0.25, 0.3) is 0 Å². The summed E-state index contributed by atoms with van der Waals surface area (Å²) in [5, 5.41) is 9.95. The van der Waals surface area contributed by atoms with Gasteiger partial charge in [0.15, 0.2) is 0 Å². The van der Waals surface area contributed by atoms with Crippen molar-refractivity contribution in [2.24, 2.45) is 11.1 Å². The summed E-state index contributed by atoms with van der Waals surface area (Å²) in [6.07, 6.45) is 0. The minimum absolute atomic E-state index is 0.0615. The lowest BCUT2D eigenvalue weighted by molar-refractivity contribution is 0.317. The summed E-state index contributed by atoms with van der Waals surface area (Å²) in [7, 11) is 0. The van der Waals surface area contributed by atoms with Crippen molar-refractivity contribution >= 4 is 0 Å². The molecule has 17 heavy (non-hydrogen) atoms. The molecule has 3 N–H and O–H groups in total. The van der Waals surface area contributed by atoms with Gasteiger partial charge in [-0.3, -0.25) is 0 Å². The average Bonchev–Trinajstić information content (AvgIpc) is 2.14. The Morgan fingerprint density at radius 2 is 1.59 bits per heavy atom. The Bertz CT molecular complexity index is 396. The number of phenolic OH excluding ortho intramolecular Hbond substituents is 1. The minimum atomic E-state index is -0.162. The molecule has 0 spiro atoms. The molecule has 2 heteroatoms. The zero-order chi connectivity index (χ0) is 13.4. The highest BCUT2D eigenvalue weighted by Gasteiger charge is 2.26. The quantitative estimate of drug-likeness (QED) is 0.779. The highest BCUT2D eigenvalue weighted by Crippen LogP contribution is 2.37. The molecule has 0 aromatic heterocycles. The van der Waals surface area contributed by atoms with Crippen LogP contribution in [0, 0.1) is 5.41 Å². The molecular formula is C15H25NO. The lowest BCUT2D eigenvalue weighted by atomic mass is 9.79. The van der Waals surface area contributed by atoms with Crippen LogP contribution in [0.15, 0.2) is 18.2 Å². The van der Waals surface area contributed by atoms with Gasteiger partial charge >= 0.3 is 0 Å². The van der Waals surface area contributed by atoms with Crippen molar-refractivity contribution in [1.82, 2.24) is 0 Å². The molecule has 0 bridgehead atoms. The summed E-state index contributed by atoms with van der Waals surface area (Å²) in [4.78, 5) is 0. The molecule has 0 amide bonds. The van der Waals surface area contributed by atoms with Crippen molar-refractivity contribution in [3.63, 3.8) is 0 Å². The van der Waals surface area contributed by atoms with E-state index in [9.17, 15) is 5.11 Å². The van der Waals surface area contributed by atoms with Gasteiger partial charge in [-0.2, -0.15) is 0 Å². The normalized spacial score (nSPS) is 14.8. The maximum atomic E-state index is 9.95. The van der Waals surface area contributed by atoms with Crippen molar-refractivity contribution in [1.29, 1.82) is 0 Å². The average molecular weight is 235 g/mol. The third-order valence-electron chi connectivity index (χ3n) is 3.16. The Hall–Kier alpha value is -1.02. The Morgan fingerprint density at radius 1 is 1.06 bits per heavy atom. The second-order valence-corrected chi connectivity index (χ2v) is 6.87. The van der Waals surface area contributed by atoms with Gasteiger partial charge in [0, 0.05) is 11.6 Å². The van der Waals surface area contributed by atoms with E-state index in [0.29, 0.717) is 5.75 Å². The summed E-state index contributed by atoms with van der Waals surface area (Å²) in [5.41, 5.74) is 8.27. The first-order chi connectivity index (χ1) is 7.53. The van der Waals surface area contributed by atoms with Gasteiger partial charge in [-0.05, 0) is 28.5 Å². The molecule has 0 radical (unpaired) electrons. The van der Waals surface area contributed by atoms with Gasteiger partial charge in [-0.1, -0.05) is 47.6 Å². The van der Waals surface area contributed by atoms with Crippen LogP contribution in [-0.4, -0.2) is 5.11 Å². The molecule has 96 valence electrons. The first-order valence-electron chi connectivity index (χ1n) is 6.12. The second kappa shape index (κ2) is 4.34. The molecule has 2 nitrogen and oxygen atoms in total. The fraction of sp³-hybridized carbons (Fsp3) is 0.600. The van der Waals surface area contributed by atoms with Crippen molar-refractivity contribution < 1.29 is 5.11 Å². The molecule has 0 saturated carbocycles. The molecular weight excluding hydrogens is 210 g/mol. The molecule has 0 saturated heterocycles. The number of hydrogen-bond donors (Lipinski definition) is 2. The third-order valence-corrected chi connectivity index (χ3v) is 3.16. The number of aromatic hydroxyl groups is 1. The smallest absolute Gasteiger partial charge is 0.120 e. The number of benzene rings is 1. The fourth-order valence-corrected chi connectivity index (χ4v) is 1.74. The van der Waals surface area contributed by atoms with Crippen LogP contribution in [-0.2, 0) is 5.41 Å². The summed E-state index contributed by atoms with van der Waals surface area (Å²) < 4.78 is 0. The maximum Gasteiger partial charge on any atom is 0.120 e. The van der Waals surface area contributed by atoms with Gasteiger partial charge in [0.05, 0.1) is 0 Å². The predicted molar refractivity (Wildman–Crippen MR) is 73.2 cm³/mol. The fourth-order valence-electron chi connectivity index (χ4n) is 1.74. The molecule has 1 rings (SSSR count). The number of rotatable bonds is 1. The van der Waals surface area contributed by atoms with Crippen LogP contribution in [0.5, 0.6) is 5.75 Å². The van der Waals surface area contributed by atoms with Crippen molar-refractivity contribution in [3.05, 3.63) is 29.3 Å². The van der Waals surface area contributed by atoms with Crippen LogP contribution in [0.4, 0.5) is 0 Å². The van der Waals surface area contributed by atoms with E-state index < -0.39 is 0 Å². The molecule has 1 aromatic carbocycles.